The van der Waals surface area contributed by atoms with Gasteiger partial charge in [0, 0.05) is 6.42 Å². The number of benzene rings is 1. The average molecular weight is 352 g/mol. The Morgan fingerprint density at radius 1 is 1.12 bits per heavy atom. The summed E-state index contributed by atoms with van der Waals surface area (Å²) >= 11 is 1.11. The van der Waals surface area contributed by atoms with Crippen LogP contribution in [0.5, 0.6) is 17.2 Å². The van der Waals surface area contributed by atoms with E-state index in [4.69, 9.17) is 14.2 Å². The Bertz CT molecular complexity index is 884. The monoisotopic (exact) mass is 352 g/mol. The number of ether oxygens (including phenoxy) is 3. The third-order valence-electron chi connectivity index (χ3n) is 3.90. The molecule has 1 aromatic heterocycles. The van der Waals surface area contributed by atoms with Crippen molar-refractivity contribution >= 4 is 33.4 Å². The number of fused-ring (bicyclic) bond motifs is 1. The van der Waals surface area contributed by atoms with Crippen molar-refractivity contribution in [3.05, 3.63) is 16.4 Å². The number of amides is 2. The summed E-state index contributed by atoms with van der Waals surface area (Å²) in [4.78, 5) is 36.1. The van der Waals surface area contributed by atoms with Crippen LogP contribution >= 0.6 is 11.5 Å². The lowest BCUT2D eigenvalue weighted by Gasteiger charge is -2.20. The van der Waals surface area contributed by atoms with Crippen molar-refractivity contribution in [1.82, 2.24) is 9.27 Å². The average Bonchev–Trinajstić information content (AvgIpc) is 2.89. The Kier molecular flexibility index (Phi) is 4.18. The number of hydrogen-bond donors (Lipinski definition) is 1. The van der Waals surface area contributed by atoms with Gasteiger partial charge in [-0.3, -0.25) is 23.7 Å². The SMILES string of the molecule is COc1cc2c(=O)n(C3CCC(=O)NC3=O)sc2c(OC)c1OC. The maximum absolute atomic E-state index is 12.7. The quantitative estimate of drug-likeness (QED) is 0.827. The first kappa shape index (κ1) is 16.3. The van der Waals surface area contributed by atoms with Crippen LogP contribution in [0.4, 0.5) is 0 Å². The topological polar surface area (TPSA) is 95.9 Å². The van der Waals surface area contributed by atoms with Gasteiger partial charge in [0.2, 0.25) is 11.7 Å². The van der Waals surface area contributed by atoms with Crippen LogP contribution in [0.2, 0.25) is 0 Å². The molecule has 1 N–H and O–H groups in total. The minimum atomic E-state index is -0.714. The Balaban J connectivity index is 2.22. The fourth-order valence-corrected chi connectivity index (χ4v) is 3.96. The largest absolute Gasteiger partial charge is 0.493 e. The normalized spacial score (nSPS) is 17.7. The molecule has 8 nitrogen and oxygen atoms in total. The number of nitrogens with one attached hydrogen (secondary N) is 1. The lowest BCUT2D eigenvalue weighted by molar-refractivity contribution is -0.135. The van der Waals surface area contributed by atoms with E-state index in [-0.39, 0.29) is 24.3 Å². The van der Waals surface area contributed by atoms with Gasteiger partial charge < -0.3 is 14.2 Å². The Morgan fingerprint density at radius 3 is 2.42 bits per heavy atom. The Hall–Kier alpha value is -2.55. The third kappa shape index (κ3) is 2.41. The van der Waals surface area contributed by atoms with Crippen LogP contribution in [0.25, 0.3) is 10.1 Å². The summed E-state index contributed by atoms with van der Waals surface area (Å²) < 4.78 is 17.9. The number of nitrogens with zero attached hydrogens (tertiary/aromatic N) is 1. The van der Waals surface area contributed by atoms with Gasteiger partial charge in [0.15, 0.2) is 11.5 Å². The second kappa shape index (κ2) is 6.16. The highest BCUT2D eigenvalue weighted by molar-refractivity contribution is 7.14. The van der Waals surface area contributed by atoms with Gasteiger partial charge in [-0.15, -0.1) is 0 Å². The molecule has 0 radical (unpaired) electrons. The lowest BCUT2D eigenvalue weighted by atomic mass is 10.1. The van der Waals surface area contributed by atoms with Crippen molar-refractivity contribution in [2.24, 2.45) is 0 Å². The zero-order chi connectivity index (χ0) is 17.4. The number of piperidine rings is 1. The maximum atomic E-state index is 12.7. The van der Waals surface area contributed by atoms with Crippen molar-refractivity contribution < 1.29 is 23.8 Å². The van der Waals surface area contributed by atoms with Crippen molar-refractivity contribution in [3.63, 3.8) is 0 Å². The molecular weight excluding hydrogens is 336 g/mol. The molecule has 0 spiro atoms. The van der Waals surface area contributed by atoms with E-state index in [9.17, 15) is 14.4 Å². The van der Waals surface area contributed by atoms with Gasteiger partial charge in [-0.2, -0.15) is 0 Å². The summed E-state index contributed by atoms with van der Waals surface area (Å²) in [7, 11) is 4.41. The Labute approximate surface area is 141 Å². The van der Waals surface area contributed by atoms with Crippen molar-refractivity contribution in [2.75, 3.05) is 21.3 Å². The highest BCUT2D eigenvalue weighted by Crippen LogP contribution is 2.44. The van der Waals surface area contributed by atoms with Gasteiger partial charge in [-0.25, -0.2) is 0 Å². The second-order valence-corrected chi connectivity index (χ2v) is 6.20. The predicted octanol–water partition coefficient (Wildman–Crippen LogP) is 1.07. The summed E-state index contributed by atoms with van der Waals surface area (Å²) in [5, 5.41) is 2.64. The van der Waals surface area contributed by atoms with Crippen LogP contribution in [0.15, 0.2) is 10.9 Å². The third-order valence-corrected chi connectivity index (χ3v) is 5.10. The van der Waals surface area contributed by atoms with Gasteiger partial charge in [0.25, 0.3) is 11.5 Å². The van der Waals surface area contributed by atoms with E-state index in [1.54, 1.807) is 6.07 Å². The van der Waals surface area contributed by atoms with E-state index in [1.807, 2.05) is 0 Å². The fraction of sp³-hybridized carbons (Fsp3) is 0.400. The molecule has 1 aliphatic rings. The van der Waals surface area contributed by atoms with Crippen molar-refractivity contribution in [1.29, 1.82) is 0 Å². The zero-order valence-corrected chi connectivity index (χ0v) is 14.2. The number of rotatable bonds is 4. The van der Waals surface area contributed by atoms with Gasteiger partial charge in [0.05, 0.1) is 26.7 Å². The molecule has 2 aromatic rings. The van der Waals surface area contributed by atoms with Crippen LogP contribution in [-0.4, -0.2) is 37.1 Å². The molecule has 128 valence electrons. The van der Waals surface area contributed by atoms with Crippen LogP contribution in [0, 0.1) is 0 Å². The van der Waals surface area contributed by atoms with Crippen LogP contribution < -0.4 is 25.1 Å². The summed E-state index contributed by atoms with van der Waals surface area (Å²) in [5.41, 5.74) is -0.330. The minimum Gasteiger partial charge on any atom is -0.493 e. The summed E-state index contributed by atoms with van der Waals surface area (Å²) in [6, 6.07) is 0.854. The molecule has 0 aliphatic carbocycles. The summed E-state index contributed by atoms with van der Waals surface area (Å²) in [6.07, 6.45) is 0.481. The highest BCUT2D eigenvalue weighted by Gasteiger charge is 2.31. The Morgan fingerprint density at radius 2 is 1.83 bits per heavy atom. The number of imide groups is 1. The minimum absolute atomic E-state index is 0.195. The molecule has 9 heteroatoms. The number of methoxy groups -OCH3 is 3. The molecule has 2 heterocycles. The first-order chi connectivity index (χ1) is 11.5. The first-order valence-electron chi connectivity index (χ1n) is 7.20. The van der Waals surface area contributed by atoms with Crippen LogP contribution in [0.3, 0.4) is 0 Å². The molecule has 0 bridgehead atoms. The summed E-state index contributed by atoms with van der Waals surface area (Å²) in [6.45, 7) is 0. The van der Waals surface area contributed by atoms with E-state index in [0.29, 0.717) is 27.3 Å². The van der Waals surface area contributed by atoms with Gasteiger partial charge in [-0.05, 0) is 12.5 Å². The molecule has 1 atom stereocenters. The molecule has 3 rings (SSSR count). The standard InChI is InChI=1S/C15H16N2O6S/c1-21-9-6-7-13(12(23-3)11(9)22-2)24-17(15(7)20)8-4-5-10(18)16-14(8)19/h6,8H,4-5H2,1-3H3,(H,16,18,19). The van der Waals surface area contributed by atoms with Crippen molar-refractivity contribution in [2.45, 2.75) is 18.9 Å². The van der Waals surface area contributed by atoms with Gasteiger partial charge >= 0.3 is 0 Å². The highest BCUT2D eigenvalue weighted by atomic mass is 32.1. The van der Waals surface area contributed by atoms with Crippen molar-refractivity contribution in [3.8, 4) is 17.2 Å². The predicted molar refractivity (Wildman–Crippen MR) is 87.2 cm³/mol. The number of hydrogen-bond acceptors (Lipinski definition) is 7. The van der Waals surface area contributed by atoms with Crippen LogP contribution in [-0.2, 0) is 9.59 Å². The molecule has 2 amide bonds. The number of carbonyl (C=O) groups is 2. The van der Waals surface area contributed by atoms with E-state index in [2.05, 4.69) is 5.32 Å². The smallest absolute Gasteiger partial charge is 0.269 e. The molecule has 1 aromatic carbocycles. The number of carbonyl (C=O) groups excluding carboxylic acids is 2. The van der Waals surface area contributed by atoms with E-state index >= 15 is 0 Å². The zero-order valence-electron chi connectivity index (χ0n) is 13.4. The molecule has 1 fully saturated rings. The molecule has 1 saturated heterocycles. The molecule has 1 aliphatic heterocycles. The summed E-state index contributed by atoms with van der Waals surface area (Å²) in [5.74, 6) is 0.320. The van der Waals surface area contributed by atoms with Crippen LogP contribution in [0.1, 0.15) is 18.9 Å². The van der Waals surface area contributed by atoms with Gasteiger partial charge in [0.1, 0.15) is 10.7 Å². The lowest BCUT2D eigenvalue weighted by Crippen LogP contribution is -2.43. The molecular formula is C15H16N2O6S. The fourth-order valence-electron chi connectivity index (χ4n) is 2.75. The molecule has 24 heavy (non-hydrogen) atoms. The first-order valence-corrected chi connectivity index (χ1v) is 7.97. The molecule has 1 unspecified atom stereocenters. The van der Waals surface area contributed by atoms with Gasteiger partial charge in [-0.1, -0.05) is 11.5 Å². The second-order valence-electron chi connectivity index (χ2n) is 5.21. The van der Waals surface area contributed by atoms with E-state index < -0.39 is 11.9 Å². The van der Waals surface area contributed by atoms with E-state index in [0.717, 1.165) is 11.5 Å². The number of aromatic nitrogens is 1. The van der Waals surface area contributed by atoms with E-state index in [1.165, 1.54) is 25.3 Å². The maximum Gasteiger partial charge on any atom is 0.269 e. The molecule has 0 saturated carbocycles.